The third-order valence-electron chi connectivity index (χ3n) is 4.45. The van der Waals surface area contributed by atoms with Crippen LogP contribution in [0, 0.1) is 17.7 Å². The molecule has 0 aliphatic carbocycles. The average molecular weight is 394 g/mol. The van der Waals surface area contributed by atoms with Gasteiger partial charge in [-0.2, -0.15) is 0 Å². The molecule has 0 spiro atoms. The summed E-state index contributed by atoms with van der Waals surface area (Å²) >= 11 is 0. The van der Waals surface area contributed by atoms with Crippen LogP contribution in [-0.4, -0.2) is 39.1 Å². The minimum atomic E-state index is -4.95. The van der Waals surface area contributed by atoms with Crippen molar-refractivity contribution < 1.29 is 41.2 Å². The van der Waals surface area contributed by atoms with Crippen molar-refractivity contribution in [1.82, 2.24) is 0 Å². The van der Waals surface area contributed by atoms with Crippen LogP contribution in [0.1, 0.15) is 31.6 Å². The third-order valence-corrected chi connectivity index (χ3v) is 4.45. The summed E-state index contributed by atoms with van der Waals surface area (Å²) < 4.78 is 76.7. The van der Waals surface area contributed by atoms with Crippen molar-refractivity contribution in [1.29, 1.82) is 0 Å². The highest BCUT2D eigenvalue weighted by molar-refractivity contribution is 5.30. The van der Waals surface area contributed by atoms with E-state index in [1.165, 1.54) is 6.07 Å². The first-order valence-corrected chi connectivity index (χ1v) is 8.87. The molecule has 0 atom stereocenters. The highest BCUT2D eigenvalue weighted by atomic mass is 19.4. The SMILES string of the molecule is CCCC1COC(C2COC(c3ccc(OC(F)(F)F)c(F)c3)OC2)OC1. The molecular weight excluding hydrogens is 372 g/mol. The number of alkyl halides is 3. The summed E-state index contributed by atoms with van der Waals surface area (Å²) in [5, 5.41) is 0. The van der Waals surface area contributed by atoms with E-state index in [2.05, 4.69) is 11.7 Å². The molecule has 2 heterocycles. The molecule has 9 heteroatoms. The highest BCUT2D eigenvalue weighted by Gasteiger charge is 2.35. The quantitative estimate of drug-likeness (QED) is 0.702. The van der Waals surface area contributed by atoms with Crippen LogP contribution >= 0.6 is 0 Å². The monoisotopic (exact) mass is 394 g/mol. The Kier molecular flexibility index (Phi) is 6.56. The molecule has 1 aromatic rings. The van der Waals surface area contributed by atoms with E-state index in [1.807, 2.05) is 0 Å². The van der Waals surface area contributed by atoms with Crippen molar-refractivity contribution >= 4 is 0 Å². The minimum absolute atomic E-state index is 0.124. The van der Waals surface area contributed by atoms with Gasteiger partial charge >= 0.3 is 6.36 Å². The van der Waals surface area contributed by atoms with Crippen molar-refractivity contribution in [2.45, 2.75) is 38.7 Å². The third kappa shape index (κ3) is 5.54. The van der Waals surface area contributed by atoms with E-state index in [0.29, 0.717) is 19.1 Å². The van der Waals surface area contributed by atoms with E-state index in [4.69, 9.17) is 18.9 Å². The fraction of sp³-hybridized carbons (Fsp3) is 0.667. The number of rotatable bonds is 5. The second-order valence-electron chi connectivity index (χ2n) is 6.69. The van der Waals surface area contributed by atoms with Crippen molar-refractivity contribution in [3.8, 4) is 5.75 Å². The van der Waals surface area contributed by atoms with Crippen molar-refractivity contribution in [2.24, 2.45) is 11.8 Å². The molecule has 5 nitrogen and oxygen atoms in total. The zero-order valence-electron chi connectivity index (χ0n) is 14.8. The van der Waals surface area contributed by atoms with Gasteiger partial charge < -0.3 is 23.7 Å². The molecule has 0 amide bonds. The van der Waals surface area contributed by atoms with E-state index in [-0.39, 0.29) is 24.7 Å². The lowest BCUT2D eigenvalue weighted by Gasteiger charge is -2.37. The molecule has 2 aliphatic heterocycles. The van der Waals surface area contributed by atoms with E-state index in [0.717, 1.165) is 25.0 Å². The van der Waals surface area contributed by atoms with Gasteiger partial charge in [0.1, 0.15) is 0 Å². The van der Waals surface area contributed by atoms with Crippen LogP contribution in [0.15, 0.2) is 18.2 Å². The summed E-state index contributed by atoms with van der Waals surface area (Å²) in [4.78, 5) is 0. The first-order chi connectivity index (χ1) is 12.9. The number of benzene rings is 1. The van der Waals surface area contributed by atoms with E-state index in [1.54, 1.807) is 0 Å². The van der Waals surface area contributed by atoms with Crippen LogP contribution in [-0.2, 0) is 18.9 Å². The van der Waals surface area contributed by atoms with Gasteiger partial charge in [0.25, 0.3) is 0 Å². The molecule has 2 fully saturated rings. The average Bonchev–Trinajstić information content (AvgIpc) is 2.63. The van der Waals surface area contributed by atoms with Crippen LogP contribution in [0.4, 0.5) is 17.6 Å². The lowest BCUT2D eigenvalue weighted by Crippen LogP contribution is -2.43. The Balaban J connectivity index is 1.51. The summed E-state index contributed by atoms with van der Waals surface area (Å²) in [5.41, 5.74) is 0.272. The lowest BCUT2D eigenvalue weighted by atomic mass is 10.0. The Morgan fingerprint density at radius 2 is 1.70 bits per heavy atom. The summed E-state index contributed by atoms with van der Waals surface area (Å²) in [5.74, 6) is -1.77. The number of halogens is 4. The molecule has 0 N–H and O–H groups in total. The smallest absolute Gasteiger partial charge is 0.403 e. The predicted molar refractivity (Wildman–Crippen MR) is 85.3 cm³/mol. The van der Waals surface area contributed by atoms with E-state index in [9.17, 15) is 17.6 Å². The number of ether oxygens (including phenoxy) is 5. The lowest BCUT2D eigenvalue weighted by molar-refractivity contribution is -0.283. The zero-order chi connectivity index (χ0) is 19.4. The first-order valence-electron chi connectivity index (χ1n) is 8.87. The molecule has 152 valence electrons. The molecule has 0 saturated carbocycles. The Hall–Kier alpha value is -1.42. The minimum Gasteiger partial charge on any atom is -0.403 e. The summed E-state index contributed by atoms with van der Waals surface area (Å²) in [6, 6.07) is 3.09. The molecule has 2 aliphatic rings. The van der Waals surface area contributed by atoms with Crippen LogP contribution in [0.3, 0.4) is 0 Å². The standard InChI is InChI=1S/C18H22F4O5/c1-2-3-11-7-23-17(24-8-11)13-9-25-16(26-10-13)12-4-5-15(14(19)6-12)27-18(20,21)22/h4-6,11,13,16-17H,2-3,7-10H2,1H3. The Labute approximate surface area is 154 Å². The molecular formula is C18H22F4O5. The predicted octanol–water partition coefficient (Wildman–Crippen LogP) is 4.18. The molecule has 27 heavy (non-hydrogen) atoms. The molecule has 1 aromatic carbocycles. The first kappa shape index (κ1) is 20.3. The van der Waals surface area contributed by atoms with Gasteiger partial charge in [0.05, 0.1) is 32.3 Å². The van der Waals surface area contributed by atoms with E-state index < -0.39 is 30.5 Å². The fourth-order valence-corrected chi connectivity index (χ4v) is 3.14. The van der Waals surface area contributed by atoms with Crippen LogP contribution in [0.5, 0.6) is 5.75 Å². The van der Waals surface area contributed by atoms with Gasteiger partial charge in [0, 0.05) is 11.5 Å². The fourth-order valence-electron chi connectivity index (χ4n) is 3.14. The second kappa shape index (κ2) is 8.72. The maximum atomic E-state index is 13.8. The molecule has 0 unspecified atom stereocenters. The van der Waals surface area contributed by atoms with Gasteiger partial charge in [0.15, 0.2) is 24.1 Å². The van der Waals surface area contributed by atoms with Gasteiger partial charge in [-0.15, -0.1) is 13.2 Å². The molecule has 3 rings (SSSR count). The highest BCUT2D eigenvalue weighted by Crippen LogP contribution is 2.32. The molecule has 0 bridgehead atoms. The number of hydrogen-bond donors (Lipinski definition) is 0. The van der Waals surface area contributed by atoms with Crippen LogP contribution in [0.25, 0.3) is 0 Å². The van der Waals surface area contributed by atoms with Gasteiger partial charge in [-0.25, -0.2) is 4.39 Å². The Morgan fingerprint density at radius 1 is 1.04 bits per heavy atom. The summed E-state index contributed by atoms with van der Waals surface area (Å²) in [6.45, 7) is 3.92. The van der Waals surface area contributed by atoms with Gasteiger partial charge in [-0.3, -0.25) is 0 Å². The topological polar surface area (TPSA) is 46.2 Å². The largest absolute Gasteiger partial charge is 0.573 e. The normalized spacial score (nSPS) is 29.5. The van der Waals surface area contributed by atoms with Gasteiger partial charge in [-0.05, 0) is 18.6 Å². The van der Waals surface area contributed by atoms with Crippen LogP contribution < -0.4 is 4.74 Å². The van der Waals surface area contributed by atoms with Crippen molar-refractivity contribution in [2.75, 3.05) is 26.4 Å². The second-order valence-corrected chi connectivity index (χ2v) is 6.69. The number of hydrogen-bond acceptors (Lipinski definition) is 5. The molecule has 0 aromatic heterocycles. The zero-order valence-corrected chi connectivity index (χ0v) is 14.8. The van der Waals surface area contributed by atoms with E-state index >= 15 is 0 Å². The molecule has 2 saturated heterocycles. The van der Waals surface area contributed by atoms with Crippen molar-refractivity contribution in [3.63, 3.8) is 0 Å². The summed E-state index contributed by atoms with van der Waals surface area (Å²) in [6.07, 6.45) is -4.12. The van der Waals surface area contributed by atoms with Gasteiger partial charge in [0.2, 0.25) is 0 Å². The summed E-state index contributed by atoms with van der Waals surface area (Å²) in [7, 11) is 0. The maximum Gasteiger partial charge on any atom is 0.573 e. The van der Waals surface area contributed by atoms with Crippen molar-refractivity contribution in [3.05, 3.63) is 29.6 Å². The Morgan fingerprint density at radius 3 is 2.26 bits per heavy atom. The van der Waals surface area contributed by atoms with Crippen LogP contribution in [0.2, 0.25) is 0 Å². The Bertz CT molecular complexity index is 608. The molecule has 0 radical (unpaired) electrons. The maximum absolute atomic E-state index is 13.8. The van der Waals surface area contributed by atoms with Gasteiger partial charge in [-0.1, -0.05) is 19.4 Å².